The van der Waals surface area contributed by atoms with Gasteiger partial charge in [0.1, 0.15) is 11.4 Å². The second-order valence-corrected chi connectivity index (χ2v) is 4.59. The van der Waals surface area contributed by atoms with E-state index in [1.807, 2.05) is 31.2 Å². The smallest absolute Gasteiger partial charge is 0.160 e. The minimum Gasteiger partial charge on any atom is -0.504 e. The van der Waals surface area contributed by atoms with Gasteiger partial charge in [0.25, 0.3) is 0 Å². The lowest BCUT2D eigenvalue weighted by Gasteiger charge is -2.05. The Morgan fingerprint density at radius 2 is 1.95 bits per heavy atom. The molecule has 0 saturated carbocycles. The molecular formula is C15H20N2O2. The van der Waals surface area contributed by atoms with E-state index in [1.54, 1.807) is 11.8 Å². The van der Waals surface area contributed by atoms with E-state index in [4.69, 9.17) is 4.74 Å². The Balaban J connectivity index is 2.33. The van der Waals surface area contributed by atoms with Gasteiger partial charge in [-0.15, -0.1) is 0 Å². The number of rotatable bonds is 5. The molecule has 1 heterocycles. The molecule has 19 heavy (non-hydrogen) atoms. The third-order valence-corrected chi connectivity index (χ3v) is 3.24. The van der Waals surface area contributed by atoms with E-state index < -0.39 is 0 Å². The molecule has 0 amide bonds. The number of ether oxygens (including phenoxy) is 1. The van der Waals surface area contributed by atoms with Crippen LogP contribution in [-0.4, -0.2) is 22.0 Å². The third kappa shape index (κ3) is 2.72. The monoisotopic (exact) mass is 260 g/mol. The van der Waals surface area contributed by atoms with Crippen molar-refractivity contribution in [3.05, 3.63) is 35.7 Å². The summed E-state index contributed by atoms with van der Waals surface area (Å²) in [6, 6.07) is 7.64. The van der Waals surface area contributed by atoms with Crippen molar-refractivity contribution in [2.24, 2.45) is 0 Å². The molecule has 0 bridgehead atoms. The van der Waals surface area contributed by atoms with Crippen molar-refractivity contribution in [2.75, 3.05) is 7.11 Å². The van der Waals surface area contributed by atoms with E-state index in [9.17, 15) is 5.11 Å². The van der Waals surface area contributed by atoms with Crippen molar-refractivity contribution in [2.45, 2.75) is 33.1 Å². The molecule has 0 saturated heterocycles. The zero-order valence-corrected chi connectivity index (χ0v) is 11.7. The van der Waals surface area contributed by atoms with Crippen LogP contribution in [0.15, 0.2) is 24.3 Å². The number of aromatic nitrogens is 2. The first kappa shape index (κ1) is 13.5. The Kier molecular flexibility index (Phi) is 4.10. The van der Waals surface area contributed by atoms with E-state index in [2.05, 4.69) is 12.0 Å². The first-order valence-corrected chi connectivity index (χ1v) is 6.59. The Hall–Kier alpha value is -1.97. The zero-order chi connectivity index (χ0) is 13.8. The number of hydrogen-bond acceptors (Lipinski definition) is 3. The molecule has 102 valence electrons. The molecule has 0 spiro atoms. The van der Waals surface area contributed by atoms with Gasteiger partial charge in [-0.25, -0.2) is 4.68 Å². The average Bonchev–Trinajstić information content (AvgIpc) is 2.73. The second-order valence-electron chi connectivity index (χ2n) is 4.59. The second kappa shape index (κ2) is 5.78. The third-order valence-electron chi connectivity index (χ3n) is 3.24. The van der Waals surface area contributed by atoms with Crippen molar-refractivity contribution in [3.8, 4) is 17.2 Å². The largest absolute Gasteiger partial charge is 0.504 e. The fraction of sp³-hybridized carbons (Fsp3) is 0.400. The topological polar surface area (TPSA) is 47.3 Å². The van der Waals surface area contributed by atoms with Crippen LogP contribution in [0.1, 0.15) is 31.2 Å². The summed E-state index contributed by atoms with van der Waals surface area (Å²) < 4.78 is 6.92. The lowest BCUT2D eigenvalue weighted by Crippen LogP contribution is -1.99. The van der Waals surface area contributed by atoms with Crippen LogP contribution in [0.4, 0.5) is 0 Å². The summed E-state index contributed by atoms with van der Waals surface area (Å²) in [6.07, 6.45) is 2.94. The molecule has 0 unspecified atom stereocenters. The number of aryl methyl sites for hydroxylation is 1. The molecule has 1 aromatic heterocycles. The maximum absolute atomic E-state index is 10.1. The predicted octanol–water partition coefficient (Wildman–Crippen LogP) is 3.24. The highest BCUT2D eigenvalue weighted by Crippen LogP contribution is 2.26. The SMILES string of the molecule is CCCCc1nn(-c2ccc(OC)cc2)c(C)c1O. The van der Waals surface area contributed by atoms with Crippen molar-refractivity contribution < 1.29 is 9.84 Å². The van der Waals surface area contributed by atoms with Gasteiger partial charge in [-0.2, -0.15) is 5.10 Å². The number of nitrogens with zero attached hydrogens (tertiary/aromatic N) is 2. The molecule has 4 nitrogen and oxygen atoms in total. The van der Waals surface area contributed by atoms with Crippen molar-refractivity contribution in [3.63, 3.8) is 0 Å². The molecule has 0 aliphatic rings. The molecule has 0 aliphatic carbocycles. The fourth-order valence-electron chi connectivity index (χ4n) is 2.04. The summed E-state index contributed by atoms with van der Waals surface area (Å²) in [4.78, 5) is 0. The van der Waals surface area contributed by atoms with E-state index in [0.717, 1.165) is 42.1 Å². The Bertz CT molecular complexity index is 544. The van der Waals surface area contributed by atoms with Gasteiger partial charge in [-0.3, -0.25) is 0 Å². The standard InChI is InChI=1S/C15H20N2O2/c1-4-5-6-14-15(18)11(2)17(16-14)12-7-9-13(19-3)10-8-12/h7-10,18H,4-6H2,1-3H3. The lowest BCUT2D eigenvalue weighted by atomic mass is 10.2. The number of methoxy groups -OCH3 is 1. The van der Waals surface area contributed by atoms with Crippen molar-refractivity contribution >= 4 is 0 Å². The highest BCUT2D eigenvalue weighted by molar-refractivity contribution is 5.42. The summed E-state index contributed by atoms with van der Waals surface area (Å²) in [6.45, 7) is 4.01. The maximum atomic E-state index is 10.1. The van der Waals surface area contributed by atoms with Crippen LogP contribution in [-0.2, 0) is 6.42 Å². The molecule has 1 aromatic carbocycles. The molecule has 2 rings (SSSR count). The normalized spacial score (nSPS) is 10.7. The summed E-state index contributed by atoms with van der Waals surface area (Å²) in [5, 5.41) is 14.6. The Morgan fingerprint density at radius 3 is 2.53 bits per heavy atom. The minimum absolute atomic E-state index is 0.310. The quantitative estimate of drug-likeness (QED) is 0.897. The van der Waals surface area contributed by atoms with Crippen LogP contribution in [0.25, 0.3) is 5.69 Å². The number of unbranched alkanes of at least 4 members (excludes halogenated alkanes) is 1. The van der Waals surface area contributed by atoms with Crippen molar-refractivity contribution in [1.29, 1.82) is 0 Å². The highest BCUT2D eigenvalue weighted by Gasteiger charge is 2.14. The Labute approximate surface area is 113 Å². The number of benzene rings is 1. The Morgan fingerprint density at radius 1 is 1.26 bits per heavy atom. The summed E-state index contributed by atoms with van der Waals surface area (Å²) in [5.74, 6) is 1.12. The van der Waals surface area contributed by atoms with E-state index in [0.29, 0.717) is 5.75 Å². The van der Waals surface area contributed by atoms with Gasteiger partial charge in [-0.1, -0.05) is 13.3 Å². The van der Waals surface area contributed by atoms with Crippen LogP contribution in [0.2, 0.25) is 0 Å². The van der Waals surface area contributed by atoms with Gasteiger partial charge in [-0.05, 0) is 44.0 Å². The number of aromatic hydroxyl groups is 1. The molecule has 0 atom stereocenters. The van der Waals surface area contributed by atoms with E-state index in [-0.39, 0.29) is 0 Å². The molecule has 2 aromatic rings. The zero-order valence-electron chi connectivity index (χ0n) is 11.7. The van der Waals surface area contributed by atoms with E-state index >= 15 is 0 Å². The van der Waals surface area contributed by atoms with Crippen LogP contribution >= 0.6 is 0 Å². The first-order chi connectivity index (χ1) is 9.17. The molecule has 4 heteroatoms. The van der Waals surface area contributed by atoms with Crippen LogP contribution in [0.3, 0.4) is 0 Å². The van der Waals surface area contributed by atoms with Crippen LogP contribution < -0.4 is 4.74 Å². The van der Waals surface area contributed by atoms with E-state index in [1.165, 1.54) is 0 Å². The minimum atomic E-state index is 0.310. The first-order valence-electron chi connectivity index (χ1n) is 6.59. The fourth-order valence-corrected chi connectivity index (χ4v) is 2.04. The molecule has 0 radical (unpaired) electrons. The summed E-state index contributed by atoms with van der Waals surface area (Å²) in [7, 11) is 1.64. The van der Waals surface area contributed by atoms with Gasteiger partial charge in [0, 0.05) is 0 Å². The van der Waals surface area contributed by atoms with Gasteiger partial charge in [0.05, 0.1) is 18.5 Å². The highest BCUT2D eigenvalue weighted by atomic mass is 16.5. The number of hydrogen-bond donors (Lipinski definition) is 1. The maximum Gasteiger partial charge on any atom is 0.160 e. The van der Waals surface area contributed by atoms with Crippen molar-refractivity contribution in [1.82, 2.24) is 9.78 Å². The lowest BCUT2D eigenvalue weighted by molar-refractivity contribution is 0.414. The summed E-state index contributed by atoms with van der Waals surface area (Å²) in [5.41, 5.74) is 2.47. The van der Waals surface area contributed by atoms with Gasteiger partial charge in [0.2, 0.25) is 0 Å². The van der Waals surface area contributed by atoms with Crippen LogP contribution in [0.5, 0.6) is 11.5 Å². The molecular weight excluding hydrogens is 240 g/mol. The van der Waals surface area contributed by atoms with Crippen LogP contribution in [0, 0.1) is 6.92 Å². The summed E-state index contributed by atoms with van der Waals surface area (Å²) >= 11 is 0. The van der Waals surface area contributed by atoms with Gasteiger partial charge < -0.3 is 9.84 Å². The molecule has 0 aliphatic heterocycles. The van der Waals surface area contributed by atoms with Gasteiger partial charge >= 0.3 is 0 Å². The molecule has 0 fully saturated rings. The predicted molar refractivity (Wildman–Crippen MR) is 75.1 cm³/mol. The average molecular weight is 260 g/mol. The molecule has 1 N–H and O–H groups in total. The van der Waals surface area contributed by atoms with Gasteiger partial charge in [0.15, 0.2) is 5.75 Å².